The third kappa shape index (κ3) is 2.37. The predicted octanol–water partition coefficient (Wildman–Crippen LogP) is -2.16. The Hall–Kier alpha value is -0.240. The standard InChI is InChI=1S/C7H15NO5/c9-1-2-13-5-3-4(8-12)6(10)7(5)11/h4-12H,1-3H2/t4-,5+,6+,7-/m1/s1. The van der Waals surface area contributed by atoms with Crippen LogP contribution >= 0.6 is 0 Å². The summed E-state index contributed by atoms with van der Waals surface area (Å²) in [5.41, 5.74) is 1.90. The first-order valence-corrected chi connectivity index (χ1v) is 4.19. The Bertz CT molecular complexity index is 156. The number of rotatable bonds is 4. The molecule has 0 aromatic carbocycles. The van der Waals surface area contributed by atoms with Gasteiger partial charge in [-0.15, -0.1) is 0 Å². The predicted molar refractivity (Wildman–Crippen MR) is 42.2 cm³/mol. The van der Waals surface area contributed by atoms with E-state index < -0.39 is 24.4 Å². The van der Waals surface area contributed by atoms with E-state index in [9.17, 15) is 10.2 Å². The molecule has 0 aromatic rings. The Morgan fingerprint density at radius 1 is 1.31 bits per heavy atom. The van der Waals surface area contributed by atoms with Crippen LogP contribution in [0.15, 0.2) is 0 Å². The first kappa shape index (κ1) is 10.8. The lowest BCUT2D eigenvalue weighted by Crippen LogP contribution is -2.38. The van der Waals surface area contributed by atoms with Crippen molar-refractivity contribution in [1.29, 1.82) is 0 Å². The summed E-state index contributed by atoms with van der Waals surface area (Å²) >= 11 is 0. The van der Waals surface area contributed by atoms with Crippen molar-refractivity contribution in [3.05, 3.63) is 0 Å². The second kappa shape index (κ2) is 4.85. The third-order valence-corrected chi connectivity index (χ3v) is 2.22. The highest BCUT2D eigenvalue weighted by molar-refractivity contribution is 4.94. The van der Waals surface area contributed by atoms with Gasteiger partial charge in [0.25, 0.3) is 0 Å². The molecular weight excluding hydrogens is 178 g/mol. The molecule has 0 spiro atoms. The van der Waals surface area contributed by atoms with Crippen LogP contribution in [0.5, 0.6) is 0 Å². The van der Waals surface area contributed by atoms with Crippen molar-refractivity contribution in [3.8, 4) is 0 Å². The quantitative estimate of drug-likeness (QED) is 0.326. The summed E-state index contributed by atoms with van der Waals surface area (Å²) in [5, 5.41) is 35.7. The average molecular weight is 193 g/mol. The van der Waals surface area contributed by atoms with Gasteiger partial charge in [-0.1, -0.05) is 0 Å². The highest BCUT2D eigenvalue weighted by Crippen LogP contribution is 2.22. The Balaban J connectivity index is 2.40. The van der Waals surface area contributed by atoms with Gasteiger partial charge >= 0.3 is 0 Å². The fourth-order valence-corrected chi connectivity index (χ4v) is 1.49. The van der Waals surface area contributed by atoms with E-state index in [0.717, 1.165) is 0 Å². The van der Waals surface area contributed by atoms with E-state index in [1.165, 1.54) is 0 Å². The van der Waals surface area contributed by atoms with E-state index in [4.69, 9.17) is 15.1 Å². The molecule has 0 aromatic heterocycles. The van der Waals surface area contributed by atoms with Crippen LogP contribution in [-0.4, -0.2) is 58.1 Å². The molecule has 1 rings (SSSR count). The third-order valence-electron chi connectivity index (χ3n) is 2.22. The molecule has 6 nitrogen and oxygen atoms in total. The first-order chi connectivity index (χ1) is 6.20. The molecule has 6 heteroatoms. The molecule has 5 N–H and O–H groups in total. The fourth-order valence-electron chi connectivity index (χ4n) is 1.49. The summed E-state index contributed by atoms with van der Waals surface area (Å²) in [6.45, 7) is -0.0108. The van der Waals surface area contributed by atoms with Gasteiger partial charge in [0.05, 0.1) is 25.4 Å². The molecule has 0 unspecified atom stereocenters. The Kier molecular flexibility index (Phi) is 4.04. The van der Waals surface area contributed by atoms with Crippen LogP contribution in [0.3, 0.4) is 0 Å². The minimum atomic E-state index is -1.03. The average Bonchev–Trinajstić information content (AvgIpc) is 2.41. The van der Waals surface area contributed by atoms with Gasteiger partial charge in [-0.3, -0.25) is 0 Å². The molecule has 0 amide bonds. The maximum Gasteiger partial charge on any atom is 0.108 e. The molecule has 1 aliphatic carbocycles. The minimum absolute atomic E-state index is 0.118. The number of hydrogen-bond donors (Lipinski definition) is 5. The molecule has 0 radical (unpaired) electrons. The molecule has 13 heavy (non-hydrogen) atoms. The van der Waals surface area contributed by atoms with E-state index in [1.807, 2.05) is 5.48 Å². The molecule has 0 saturated heterocycles. The fraction of sp³-hybridized carbons (Fsp3) is 1.00. The van der Waals surface area contributed by atoms with Gasteiger partial charge in [0.15, 0.2) is 0 Å². The summed E-state index contributed by atoms with van der Waals surface area (Å²) < 4.78 is 5.06. The maximum atomic E-state index is 9.38. The number of ether oxygens (including phenoxy) is 1. The zero-order valence-electron chi connectivity index (χ0n) is 7.13. The summed E-state index contributed by atoms with van der Waals surface area (Å²) in [7, 11) is 0. The van der Waals surface area contributed by atoms with E-state index in [0.29, 0.717) is 6.42 Å². The molecular formula is C7H15NO5. The van der Waals surface area contributed by atoms with Gasteiger partial charge < -0.3 is 25.3 Å². The number of aliphatic hydroxyl groups is 3. The smallest absolute Gasteiger partial charge is 0.108 e. The highest BCUT2D eigenvalue weighted by atomic mass is 16.5. The Morgan fingerprint density at radius 3 is 2.46 bits per heavy atom. The highest BCUT2D eigenvalue weighted by Gasteiger charge is 2.41. The summed E-state index contributed by atoms with van der Waals surface area (Å²) in [6.07, 6.45) is -2.27. The summed E-state index contributed by atoms with van der Waals surface area (Å²) in [6, 6.07) is -0.571. The monoisotopic (exact) mass is 193 g/mol. The van der Waals surface area contributed by atoms with Crippen molar-refractivity contribution in [2.24, 2.45) is 0 Å². The molecule has 1 fully saturated rings. The lowest BCUT2D eigenvalue weighted by Gasteiger charge is -2.16. The second-order valence-corrected chi connectivity index (χ2v) is 3.09. The Morgan fingerprint density at radius 2 is 2.00 bits per heavy atom. The van der Waals surface area contributed by atoms with Crippen molar-refractivity contribution < 1.29 is 25.3 Å². The van der Waals surface area contributed by atoms with E-state index in [-0.39, 0.29) is 13.2 Å². The van der Waals surface area contributed by atoms with E-state index in [2.05, 4.69) is 0 Å². The van der Waals surface area contributed by atoms with Crippen molar-refractivity contribution in [3.63, 3.8) is 0 Å². The van der Waals surface area contributed by atoms with Crippen LogP contribution in [0.4, 0.5) is 0 Å². The number of nitrogens with one attached hydrogen (secondary N) is 1. The molecule has 1 aliphatic rings. The van der Waals surface area contributed by atoms with Gasteiger partial charge in [0.2, 0.25) is 0 Å². The van der Waals surface area contributed by atoms with E-state index in [1.54, 1.807) is 0 Å². The molecule has 4 atom stereocenters. The second-order valence-electron chi connectivity index (χ2n) is 3.09. The van der Waals surface area contributed by atoms with Gasteiger partial charge in [0, 0.05) is 0 Å². The SMILES string of the molecule is OCCO[C@H]1C[C@@H](NO)[C@H](O)[C@@H]1O. The first-order valence-electron chi connectivity index (χ1n) is 4.19. The van der Waals surface area contributed by atoms with Gasteiger partial charge in [-0.25, -0.2) is 0 Å². The molecule has 0 aliphatic heterocycles. The largest absolute Gasteiger partial charge is 0.394 e. The van der Waals surface area contributed by atoms with Crippen molar-refractivity contribution in [2.45, 2.75) is 30.8 Å². The number of hydroxylamine groups is 1. The lowest BCUT2D eigenvalue weighted by molar-refractivity contribution is -0.0644. The van der Waals surface area contributed by atoms with Gasteiger partial charge in [-0.2, -0.15) is 5.48 Å². The summed E-state index contributed by atoms with van der Waals surface area (Å²) in [5.74, 6) is 0. The number of aliphatic hydroxyl groups excluding tert-OH is 3. The maximum absolute atomic E-state index is 9.38. The van der Waals surface area contributed by atoms with Crippen molar-refractivity contribution in [2.75, 3.05) is 13.2 Å². The van der Waals surface area contributed by atoms with Crippen LogP contribution in [0.2, 0.25) is 0 Å². The van der Waals surface area contributed by atoms with Crippen LogP contribution < -0.4 is 5.48 Å². The lowest BCUT2D eigenvalue weighted by atomic mass is 10.2. The van der Waals surface area contributed by atoms with Gasteiger partial charge in [-0.05, 0) is 6.42 Å². The normalized spacial score (nSPS) is 39.7. The van der Waals surface area contributed by atoms with Crippen LogP contribution in [0.25, 0.3) is 0 Å². The number of hydrogen-bond acceptors (Lipinski definition) is 6. The molecule has 0 heterocycles. The molecule has 1 saturated carbocycles. The van der Waals surface area contributed by atoms with Crippen LogP contribution in [0.1, 0.15) is 6.42 Å². The van der Waals surface area contributed by atoms with Crippen LogP contribution in [0, 0.1) is 0 Å². The topological polar surface area (TPSA) is 102 Å². The van der Waals surface area contributed by atoms with Crippen molar-refractivity contribution in [1.82, 2.24) is 5.48 Å². The zero-order valence-corrected chi connectivity index (χ0v) is 7.13. The zero-order chi connectivity index (χ0) is 9.84. The summed E-state index contributed by atoms with van der Waals surface area (Å²) in [4.78, 5) is 0. The van der Waals surface area contributed by atoms with E-state index >= 15 is 0 Å². The van der Waals surface area contributed by atoms with Crippen molar-refractivity contribution >= 4 is 0 Å². The Labute approximate surface area is 75.7 Å². The minimum Gasteiger partial charge on any atom is -0.394 e. The molecule has 0 bridgehead atoms. The van der Waals surface area contributed by atoms with Gasteiger partial charge in [0.1, 0.15) is 12.2 Å². The molecule has 78 valence electrons. The van der Waals surface area contributed by atoms with Crippen LogP contribution in [-0.2, 0) is 4.74 Å².